The Labute approximate surface area is 311 Å². The number of likely N-dealkylation sites (tertiary alicyclic amines) is 1. The SMILES string of the molecule is C/C=C\C1=CCCc2cc(C(=O)N(C)C)ccc2C1(CC(C)NCC)C(N)=NC.C=CCC.C=CN(C)C.CC.CC1C2CC(C#N)N(C=O)C12. The molecule has 9 nitrogen and oxygen atoms in total. The number of nitrogens with two attached hydrogens (primary N) is 1. The summed E-state index contributed by atoms with van der Waals surface area (Å²) in [7, 11) is 9.20. The molecular weight excluding hydrogens is 635 g/mol. The van der Waals surface area contributed by atoms with Crippen molar-refractivity contribution in [1.82, 2.24) is 20.0 Å². The van der Waals surface area contributed by atoms with E-state index >= 15 is 0 Å². The number of aliphatic imine (C=N–C) groups is 1. The van der Waals surface area contributed by atoms with Gasteiger partial charge in [-0.15, -0.1) is 6.58 Å². The van der Waals surface area contributed by atoms with E-state index < -0.39 is 5.41 Å². The first kappa shape index (κ1) is 46.8. The van der Waals surface area contributed by atoms with Crippen molar-refractivity contribution >= 4 is 18.2 Å². The Kier molecular flexibility index (Phi) is 22.1. The first-order valence-electron chi connectivity index (χ1n) is 18.5. The molecule has 0 spiro atoms. The van der Waals surface area contributed by atoms with Gasteiger partial charge in [0.25, 0.3) is 5.91 Å². The topological polar surface area (TPSA) is 118 Å². The monoisotopic (exact) mass is 704 g/mol. The number of allylic oxidation sites excluding steroid dienone is 4. The molecule has 1 saturated heterocycles. The molecule has 1 aromatic rings. The van der Waals surface area contributed by atoms with E-state index in [2.05, 4.69) is 81.5 Å². The lowest BCUT2D eigenvalue weighted by Crippen LogP contribution is -2.47. The molecule has 2 amide bonds. The summed E-state index contributed by atoms with van der Waals surface area (Å²) in [4.78, 5) is 32.7. The molecule has 2 fully saturated rings. The Hall–Kier alpha value is -4.16. The predicted octanol–water partition coefficient (Wildman–Crippen LogP) is 7.13. The number of carbonyl (C=O) groups excluding carboxylic acids is 2. The second kappa shape index (κ2) is 24.1. The highest BCUT2D eigenvalue weighted by atomic mass is 16.2. The number of rotatable bonds is 10. The molecule has 0 aromatic heterocycles. The molecule has 284 valence electrons. The summed E-state index contributed by atoms with van der Waals surface area (Å²) in [6, 6.07) is 8.70. The molecule has 3 aliphatic rings. The highest BCUT2D eigenvalue weighted by molar-refractivity contribution is 5.98. The number of hydrogen-bond acceptors (Lipinski definition) is 6. The minimum Gasteiger partial charge on any atom is -0.386 e. The zero-order chi connectivity index (χ0) is 39.3. The lowest BCUT2D eigenvalue weighted by molar-refractivity contribution is -0.119. The minimum absolute atomic E-state index is 0.0161. The van der Waals surface area contributed by atoms with Gasteiger partial charge in [0.2, 0.25) is 6.41 Å². The van der Waals surface area contributed by atoms with Crippen molar-refractivity contribution in [1.29, 1.82) is 5.26 Å². The standard InChI is InChI=1S/C24H36N4O.C8H10N2O.C4H9N.C4H8.C2H6/c1-7-10-20-12-9-11-18-15-19(22(29)28(5)6)13-14-21(18)24(20,23(25)26-4)16-17(3)27-8-2;1-5-7-2-6(3-9)10(4-11)8(5)7;1-4-5(2)3;1-3-4-2;1-2/h7,10,12-15,17,27H,8-9,11,16H2,1-6H3,(H2,25,26);4-8H,2H2,1H3;4H,1H2,2-3H3;3H,1,4H2,2H3;1-2H3/b10-7-;;;;. The lowest BCUT2D eigenvalue weighted by Gasteiger charge is -2.38. The minimum atomic E-state index is -0.519. The van der Waals surface area contributed by atoms with Crippen molar-refractivity contribution < 1.29 is 9.59 Å². The van der Waals surface area contributed by atoms with Crippen LogP contribution < -0.4 is 11.1 Å². The fourth-order valence-electron chi connectivity index (χ4n) is 6.62. The summed E-state index contributed by atoms with van der Waals surface area (Å²) < 4.78 is 0. The number of nitrogens with one attached hydrogen (secondary N) is 1. The zero-order valence-electron chi connectivity index (χ0n) is 33.9. The van der Waals surface area contributed by atoms with E-state index in [0.717, 1.165) is 50.6 Å². The second-order valence-corrected chi connectivity index (χ2v) is 13.2. The van der Waals surface area contributed by atoms with E-state index in [4.69, 9.17) is 11.0 Å². The van der Waals surface area contributed by atoms with Crippen LogP contribution in [0.5, 0.6) is 0 Å². The molecule has 1 aromatic carbocycles. The van der Waals surface area contributed by atoms with Gasteiger partial charge in [-0.05, 0) is 99.4 Å². The van der Waals surface area contributed by atoms with Crippen molar-refractivity contribution in [3.63, 3.8) is 0 Å². The third-order valence-corrected chi connectivity index (χ3v) is 9.31. The first-order chi connectivity index (χ1) is 24.3. The van der Waals surface area contributed by atoms with Crippen LogP contribution in [0.2, 0.25) is 0 Å². The number of nitriles is 1. The maximum absolute atomic E-state index is 12.5. The number of fused-ring (bicyclic) bond motifs is 2. The molecule has 1 aliphatic heterocycles. The van der Waals surface area contributed by atoms with Gasteiger partial charge in [0.1, 0.15) is 11.9 Å². The summed E-state index contributed by atoms with van der Waals surface area (Å²) in [6.45, 7) is 22.4. The maximum atomic E-state index is 12.5. The average Bonchev–Trinajstić information content (AvgIpc) is 3.64. The van der Waals surface area contributed by atoms with Gasteiger partial charge >= 0.3 is 0 Å². The largest absolute Gasteiger partial charge is 0.386 e. The molecule has 3 N–H and O–H groups in total. The van der Waals surface area contributed by atoms with Crippen molar-refractivity contribution in [2.24, 2.45) is 22.6 Å². The molecule has 0 radical (unpaired) electrons. The van der Waals surface area contributed by atoms with Crippen LogP contribution in [0.15, 0.2) is 72.4 Å². The van der Waals surface area contributed by atoms with Gasteiger partial charge in [0.15, 0.2) is 0 Å². The molecule has 9 heteroatoms. The van der Waals surface area contributed by atoms with Crippen molar-refractivity contribution in [3.8, 4) is 6.07 Å². The highest BCUT2D eigenvalue weighted by Gasteiger charge is 2.58. The summed E-state index contributed by atoms with van der Waals surface area (Å²) in [5.41, 5.74) is 10.3. The normalized spacial score (nSPS) is 23.1. The Bertz CT molecular complexity index is 1370. The molecule has 1 heterocycles. The zero-order valence-corrected chi connectivity index (χ0v) is 33.9. The summed E-state index contributed by atoms with van der Waals surface area (Å²) in [6.07, 6.45) is 15.5. The Balaban J connectivity index is 0.000000917. The molecule has 2 aliphatic carbocycles. The van der Waals surface area contributed by atoms with E-state index in [1.165, 1.54) is 11.1 Å². The smallest absolute Gasteiger partial charge is 0.253 e. The molecule has 1 saturated carbocycles. The molecular formula is C42H69N7O2. The summed E-state index contributed by atoms with van der Waals surface area (Å²) in [5.74, 6) is 1.87. The predicted molar refractivity (Wildman–Crippen MR) is 217 cm³/mol. The lowest BCUT2D eigenvalue weighted by atomic mass is 9.67. The number of amides is 2. The number of hydrogen-bond donors (Lipinski definition) is 2. The van der Waals surface area contributed by atoms with E-state index in [1.807, 2.05) is 58.0 Å². The average molecular weight is 704 g/mol. The van der Waals surface area contributed by atoms with Crippen LogP contribution in [-0.2, 0) is 16.6 Å². The number of carbonyl (C=O) groups is 2. The Morgan fingerprint density at radius 3 is 2.29 bits per heavy atom. The third kappa shape index (κ3) is 12.8. The number of nitrogens with zero attached hydrogens (tertiary/aromatic N) is 5. The number of aryl methyl sites for hydroxylation is 1. The van der Waals surface area contributed by atoms with E-state index in [1.54, 1.807) is 37.1 Å². The third-order valence-electron chi connectivity index (χ3n) is 9.31. The van der Waals surface area contributed by atoms with Gasteiger partial charge in [-0.3, -0.25) is 14.6 Å². The summed E-state index contributed by atoms with van der Waals surface area (Å²) >= 11 is 0. The van der Waals surface area contributed by atoms with E-state index in [-0.39, 0.29) is 18.0 Å². The molecule has 6 atom stereocenters. The molecule has 51 heavy (non-hydrogen) atoms. The Morgan fingerprint density at radius 2 is 1.84 bits per heavy atom. The molecule has 0 bridgehead atoms. The molecule has 4 rings (SSSR count). The van der Waals surface area contributed by atoms with Crippen LogP contribution in [0.25, 0.3) is 0 Å². The van der Waals surface area contributed by atoms with E-state index in [0.29, 0.717) is 29.3 Å². The highest BCUT2D eigenvalue weighted by Crippen LogP contribution is 2.52. The first-order valence-corrected chi connectivity index (χ1v) is 18.5. The Morgan fingerprint density at radius 1 is 1.24 bits per heavy atom. The van der Waals surface area contributed by atoms with Gasteiger partial charge in [-0.1, -0.05) is 71.6 Å². The van der Waals surface area contributed by atoms with Gasteiger partial charge in [0.05, 0.1) is 11.5 Å². The number of piperidine rings is 1. The van der Waals surface area contributed by atoms with Crippen LogP contribution in [0.1, 0.15) is 95.6 Å². The van der Waals surface area contributed by atoms with Gasteiger partial charge in [-0.25, -0.2) is 0 Å². The van der Waals surface area contributed by atoms with Crippen LogP contribution in [0.3, 0.4) is 0 Å². The number of benzene rings is 1. The quantitative estimate of drug-likeness (QED) is 0.116. The maximum Gasteiger partial charge on any atom is 0.253 e. The van der Waals surface area contributed by atoms with Crippen LogP contribution >= 0.6 is 0 Å². The fourth-order valence-corrected chi connectivity index (χ4v) is 6.62. The number of amidine groups is 1. The molecule has 6 unspecified atom stereocenters. The fraction of sp³-hybridized carbons (Fsp3) is 0.571. The van der Waals surface area contributed by atoms with Gasteiger partial charge < -0.3 is 25.8 Å². The van der Waals surface area contributed by atoms with Gasteiger partial charge in [0, 0.05) is 52.9 Å². The van der Waals surface area contributed by atoms with E-state index in [9.17, 15) is 9.59 Å². The van der Waals surface area contributed by atoms with Crippen LogP contribution in [-0.4, -0.2) is 92.8 Å². The van der Waals surface area contributed by atoms with Crippen LogP contribution in [0, 0.1) is 23.2 Å². The van der Waals surface area contributed by atoms with Gasteiger partial charge in [-0.2, -0.15) is 5.26 Å². The second-order valence-electron chi connectivity index (χ2n) is 13.2. The summed E-state index contributed by atoms with van der Waals surface area (Å²) in [5, 5.41) is 12.2. The van der Waals surface area contributed by atoms with Crippen LogP contribution in [0.4, 0.5) is 0 Å². The van der Waals surface area contributed by atoms with Crippen molar-refractivity contribution in [2.75, 3.05) is 41.8 Å². The van der Waals surface area contributed by atoms with Crippen molar-refractivity contribution in [2.45, 2.75) is 104 Å². The van der Waals surface area contributed by atoms with Crippen molar-refractivity contribution in [3.05, 3.63) is 84.1 Å².